The molecule has 0 bridgehead atoms. The smallest absolute Gasteiger partial charge is 0.266 e. The number of hydrogen-bond donors (Lipinski definition) is 0. The average Bonchev–Trinajstić information content (AvgIpc) is 3.48. The zero-order chi connectivity index (χ0) is 27.6. The number of benzene rings is 2. The fourth-order valence-electron chi connectivity index (χ4n) is 4.76. The molecule has 1 fully saturated rings. The van der Waals surface area contributed by atoms with Crippen LogP contribution in [0.25, 0.3) is 23.0 Å². The van der Waals surface area contributed by atoms with Gasteiger partial charge in [0.15, 0.2) is 0 Å². The van der Waals surface area contributed by atoms with Crippen molar-refractivity contribution >= 4 is 40.3 Å². The third-order valence-corrected chi connectivity index (χ3v) is 8.48. The highest BCUT2D eigenvalue weighted by Crippen LogP contribution is 2.35. The van der Waals surface area contributed by atoms with Crippen LogP contribution in [-0.2, 0) is 4.79 Å². The number of carbonyl (C=O) groups is 1. The Kier molecular flexibility index (Phi) is 10.9. The number of carbonyl (C=O) groups excluding carboxylic acids is 1. The molecule has 0 radical (unpaired) electrons. The van der Waals surface area contributed by atoms with E-state index in [-0.39, 0.29) is 11.7 Å². The Bertz CT molecular complexity index is 1300. The summed E-state index contributed by atoms with van der Waals surface area (Å²) < 4.78 is 16.8. The number of unbranched alkanes of at least 4 members (excludes halogenated alkanes) is 9. The van der Waals surface area contributed by atoms with Gasteiger partial charge in [0.05, 0.1) is 10.6 Å². The zero-order valence-corrected chi connectivity index (χ0v) is 24.6. The molecule has 1 aliphatic heterocycles. The maximum atomic E-state index is 14.4. The van der Waals surface area contributed by atoms with E-state index in [0.29, 0.717) is 32.6 Å². The lowest BCUT2D eigenvalue weighted by Gasteiger charge is -2.14. The second kappa shape index (κ2) is 14.6. The van der Waals surface area contributed by atoms with Crippen molar-refractivity contribution in [2.24, 2.45) is 0 Å². The molecule has 0 aliphatic carbocycles. The molecule has 1 aromatic heterocycles. The molecule has 2 aromatic carbocycles. The molecule has 0 atom stereocenters. The van der Waals surface area contributed by atoms with Gasteiger partial charge in [-0.2, -0.15) is 5.10 Å². The van der Waals surface area contributed by atoms with E-state index in [0.717, 1.165) is 24.1 Å². The summed E-state index contributed by atoms with van der Waals surface area (Å²) in [5, 5.41) is 4.77. The molecule has 3 aromatic rings. The van der Waals surface area contributed by atoms with Crippen molar-refractivity contribution in [3.63, 3.8) is 0 Å². The first-order chi connectivity index (χ1) is 19.0. The van der Waals surface area contributed by atoms with Crippen LogP contribution in [0.2, 0.25) is 0 Å². The molecule has 0 N–H and O–H groups in total. The molecular formula is C32H38FN3OS2. The lowest BCUT2D eigenvalue weighted by atomic mass is 10.1. The Morgan fingerprint density at radius 3 is 2.28 bits per heavy atom. The number of halogens is 1. The van der Waals surface area contributed by atoms with Crippen LogP contribution < -0.4 is 0 Å². The van der Waals surface area contributed by atoms with Crippen molar-refractivity contribution in [3.8, 4) is 16.9 Å². The molecule has 7 heteroatoms. The predicted molar refractivity (Wildman–Crippen MR) is 165 cm³/mol. The molecule has 0 unspecified atom stereocenters. The third kappa shape index (κ3) is 7.89. The van der Waals surface area contributed by atoms with Gasteiger partial charge in [0.25, 0.3) is 5.91 Å². The highest BCUT2D eigenvalue weighted by molar-refractivity contribution is 8.26. The summed E-state index contributed by atoms with van der Waals surface area (Å²) >= 11 is 6.91. The number of para-hydroxylation sites is 1. The van der Waals surface area contributed by atoms with E-state index in [2.05, 4.69) is 6.92 Å². The Balaban J connectivity index is 1.42. The van der Waals surface area contributed by atoms with Crippen LogP contribution in [0.1, 0.15) is 82.3 Å². The van der Waals surface area contributed by atoms with Crippen molar-refractivity contribution in [3.05, 3.63) is 76.6 Å². The number of thioether (sulfide) groups is 1. The van der Waals surface area contributed by atoms with Crippen LogP contribution >= 0.6 is 24.0 Å². The summed E-state index contributed by atoms with van der Waals surface area (Å²) in [6.45, 7) is 4.64. The van der Waals surface area contributed by atoms with E-state index in [4.69, 9.17) is 17.3 Å². The molecule has 2 heterocycles. The summed E-state index contributed by atoms with van der Waals surface area (Å²) in [5.41, 5.74) is 3.51. The Labute approximate surface area is 241 Å². The van der Waals surface area contributed by atoms with Crippen LogP contribution in [-0.4, -0.2) is 31.5 Å². The molecule has 206 valence electrons. The number of aromatic nitrogens is 2. The largest absolute Gasteiger partial charge is 0.293 e. The van der Waals surface area contributed by atoms with Crippen molar-refractivity contribution in [1.82, 2.24) is 14.7 Å². The molecular weight excluding hydrogens is 526 g/mol. The van der Waals surface area contributed by atoms with Crippen molar-refractivity contribution in [1.29, 1.82) is 0 Å². The SMILES string of the molecule is CCCCCCCCCCCCN1C(=O)C(=Cc2cn(-c3ccccc3)nc2-c2ccc(C)c(F)c2)SC1=S. The van der Waals surface area contributed by atoms with Crippen molar-refractivity contribution < 1.29 is 9.18 Å². The summed E-state index contributed by atoms with van der Waals surface area (Å²) in [5.74, 6) is -0.343. The van der Waals surface area contributed by atoms with E-state index in [1.807, 2.05) is 48.7 Å². The fourth-order valence-corrected chi connectivity index (χ4v) is 6.06. The second-order valence-electron chi connectivity index (χ2n) is 10.2. The quantitative estimate of drug-likeness (QED) is 0.111. The minimum atomic E-state index is -0.282. The van der Waals surface area contributed by atoms with E-state index in [9.17, 15) is 9.18 Å². The van der Waals surface area contributed by atoms with Gasteiger partial charge in [0.1, 0.15) is 15.8 Å². The van der Waals surface area contributed by atoms with Crippen LogP contribution in [0.5, 0.6) is 0 Å². The zero-order valence-electron chi connectivity index (χ0n) is 23.0. The van der Waals surface area contributed by atoms with Crippen molar-refractivity contribution in [2.45, 2.75) is 78.1 Å². The fraction of sp³-hybridized carbons (Fsp3) is 0.406. The van der Waals surface area contributed by atoms with Gasteiger partial charge in [-0.15, -0.1) is 0 Å². The van der Waals surface area contributed by atoms with Crippen LogP contribution in [0.15, 0.2) is 59.6 Å². The minimum absolute atomic E-state index is 0.0607. The summed E-state index contributed by atoms with van der Waals surface area (Å²) in [7, 11) is 0. The molecule has 4 nitrogen and oxygen atoms in total. The number of amides is 1. The predicted octanol–water partition coefficient (Wildman–Crippen LogP) is 9.11. The van der Waals surface area contributed by atoms with Gasteiger partial charge in [-0.25, -0.2) is 9.07 Å². The number of thiocarbonyl (C=S) groups is 1. The summed E-state index contributed by atoms with van der Waals surface area (Å²) in [4.78, 5) is 15.6. The van der Waals surface area contributed by atoms with Gasteiger partial charge in [-0.05, 0) is 43.2 Å². The molecule has 0 saturated carbocycles. The molecule has 1 amide bonds. The van der Waals surface area contributed by atoms with Crippen LogP contribution in [0.4, 0.5) is 4.39 Å². The standard InChI is InChI=1S/C32H38FN3OS2/c1-3-4-5-6-7-8-9-10-11-15-20-35-31(37)29(39-32(35)38)22-26-23-36(27-16-13-12-14-17-27)34-30(26)25-19-18-24(2)28(33)21-25/h12-14,16-19,21-23H,3-11,15,20H2,1-2H3. The molecule has 39 heavy (non-hydrogen) atoms. The first-order valence-corrected chi connectivity index (χ1v) is 15.4. The van der Waals surface area contributed by atoms with Gasteiger partial charge in [0, 0.05) is 23.9 Å². The summed E-state index contributed by atoms with van der Waals surface area (Å²) in [6.07, 6.45) is 16.2. The van der Waals surface area contributed by atoms with Gasteiger partial charge in [0.2, 0.25) is 0 Å². The second-order valence-corrected chi connectivity index (χ2v) is 11.9. The lowest BCUT2D eigenvalue weighted by molar-refractivity contribution is -0.122. The topological polar surface area (TPSA) is 38.1 Å². The number of nitrogens with zero attached hydrogens (tertiary/aromatic N) is 3. The highest BCUT2D eigenvalue weighted by Gasteiger charge is 2.32. The number of hydrogen-bond acceptors (Lipinski definition) is 4. The Hall–Kier alpha value is -2.77. The van der Waals surface area contributed by atoms with Gasteiger partial charge < -0.3 is 0 Å². The third-order valence-electron chi connectivity index (χ3n) is 7.10. The Morgan fingerprint density at radius 2 is 1.62 bits per heavy atom. The van der Waals surface area contributed by atoms with E-state index >= 15 is 0 Å². The maximum Gasteiger partial charge on any atom is 0.266 e. The van der Waals surface area contributed by atoms with Gasteiger partial charge >= 0.3 is 0 Å². The lowest BCUT2D eigenvalue weighted by Crippen LogP contribution is -2.29. The van der Waals surface area contributed by atoms with Crippen molar-refractivity contribution in [2.75, 3.05) is 6.54 Å². The first-order valence-electron chi connectivity index (χ1n) is 14.1. The normalized spacial score (nSPS) is 14.6. The average molecular weight is 564 g/mol. The van der Waals surface area contributed by atoms with E-state index < -0.39 is 0 Å². The van der Waals surface area contributed by atoms with Gasteiger partial charge in [-0.3, -0.25) is 9.69 Å². The molecule has 4 rings (SSSR count). The van der Waals surface area contributed by atoms with E-state index in [1.54, 1.807) is 22.6 Å². The van der Waals surface area contributed by atoms with Crippen LogP contribution in [0, 0.1) is 12.7 Å². The van der Waals surface area contributed by atoms with E-state index in [1.165, 1.54) is 69.2 Å². The maximum absolute atomic E-state index is 14.4. The highest BCUT2D eigenvalue weighted by atomic mass is 32.2. The number of rotatable bonds is 14. The van der Waals surface area contributed by atoms with Gasteiger partial charge in [-0.1, -0.05) is 119 Å². The van der Waals surface area contributed by atoms with Crippen LogP contribution in [0.3, 0.4) is 0 Å². The number of aryl methyl sites for hydroxylation is 1. The molecule has 1 aliphatic rings. The first kappa shape index (κ1) is 29.2. The summed E-state index contributed by atoms with van der Waals surface area (Å²) in [6, 6.07) is 14.9. The monoisotopic (exact) mass is 563 g/mol. The minimum Gasteiger partial charge on any atom is -0.293 e. The molecule has 0 spiro atoms. The Morgan fingerprint density at radius 1 is 0.949 bits per heavy atom. The molecule has 1 saturated heterocycles.